The molecule has 0 aliphatic rings. The van der Waals surface area contributed by atoms with Crippen LogP contribution in [0.3, 0.4) is 0 Å². The summed E-state index contributed by atoms with van der Waals surface area (Å²) in [5.74, 6) is 1.16. The fourth-order valence-electron chi connectivity index (χ4n) is 1.76. The zero-order valence-electron chi connectivity index (χ0n) is 11.3. The van der Waals surface area contributed by atoms with Crippen LogP contribution in [0.1, 0.15) is 27.2 Å². The Labute approximate surface area is 107 Å². The molecule has 6 heteroatoms. The van der Waals surface area contributed by atoms with E-state index in [1.807, 2.05) is 0 Å². The molecule has 0 amide bonds. The molecule has 1 aromatic heterocycles. The topological polar surface area (TPSA) is 71.3 Å². The van der Waals surface area contributed by atoms with Crippen molar-refractivity contribution >= 4 is 17.3 Å². The van der Waals surface area contributed by atoms with Gasteiger partial charge in [0.25, 0.3) is 5.69 Å². The summed E-state index contributed by atoms with van der Waals surface area (Å²) in [7, 11) is 1.70. The van der Waals surface area contributed by atoms with Gasteiger partial charge < -0.3 is 10.2 Å². The Kier molecular flexibility index (Phi) is 4.88. The Bertz CT molecular complexity index is 421. The molecule has 0 bridgehead atoms. The fourth-order valence-corrected chi connectivity index (χ4v) is 1.76. The molecule has 0 atom stereocenters. The molecule has 1 aromatic rings. The van der Waals surface area contributed by atoms with Gasteiger partial charge in [-0.15, -0.1) is 0 Å². The summed E-state index contributed by atoms with van der Waals surface area (Å²) in [5, 5.41) is 13.8. The van der Waals surface area contributed by atoms with E-state index in [1.165, 1.54) is 12.1 Å². The molecule has 6 nitrogen and oxygen atoms in total. The van der Waals surface area contributed by atoms with E-state index < -0.39 is 4.92 Å². The van der Waals surface area contributed by atoms with Gasteiger partial charge in [-0.3, -0.25) is 10.1 Å². The Morgan fingerprint density at radius 1 is 1.50 bits per heavy atom. The summed E-state index contributed by atoms with van der Waals surface area (Å²) in [4.78, 5) is 17.0. The van der Waals surface area contributed by atoms with Crippen molar-refractivity contribution in [2.45, 2.75) is 33.2 Å². The highest BCUT2D eigenvalue weighted by atomic mass is 16.6. The third-order valence-corrected chi connectivity index (χ3v) is 2.65. The minimum absolute atomic E-state index is 0.0612. The lowest BCUT2D eigenvalue weighted by molar-refractivity contribution is -0.384. The van der Waals surface area contributed by atoms with E-state index in [0.29, 0.717) is 11.6 Å². The molecule has 0 unspecified atom stereocenters. The third kappa shape index (κ3) is 3.32. The molecule has 0 fully saturated rings. The average molecular weight is 252 g/mol. The molecule has 18 heavy (non-hydrogen) atoms. The quantitative estimate of drug-likeness (QED) is 0.622. The van der Waals surface area contributed by atoms with Gasteiger partial charge in [0, 0.05) is 19.6 Å². The molecule has 0 saturated carbocycles. The summed E-state index contributed by atoms with van der Waals surface area (Å²) in [5.41, 5.74) is 0.0612. The predicted octanol–water partition coefficient (Wildman–Crippen LogP) is 2.66. The number of anilines is 2. The lowest BCUT2D eigenvalue weighted by atomic mass is 10.2. The van der Waals surface area contributed by atoms with Gasteiger partial charge in [0.05, 0.1) is 17.1 Å². The Morgan fingerprint density at radius 3 is 2.61 bits per heavy atom. The molecule has 1 rings (SSSR count). The van der Waals surface area contributed by atoms with Gasteiger partial charge in [0.2, 0.25) is 0 Å². The van der Waals surface area contributed by atoms with Gasteiger partial charge in [-0.25, -0.2) is 4.98 Å². The summed E-state index contributed by atoms with van der Waals surface area (Å²) in [6.07, 6.45) is 0.970. The van der Waals surface area contributed by atoms with E-state index >= 15 is 0 Å². The van der Waals surface area contributed by atoms with E-state index in [1.54, 1.807) is 7.05 Å². The second-order valence-corrected chi connectivity index (χ2v) is 4.36. The van der Waals surface area contributed by atoms with E-state index in [4.69, 9.17) is 0 Å². The molecular formula is C12H20N4O2. The number of hydrogen-bond donors (Lipinski definition) is 1. The minimum Gasteiger partial charge on any atom is -0.373 e. The summed E-state index contributed by atoms with van der Waals surface area (Å²) < 4.78 is 0. The number of hydrogen-bond acceptors (Lipinski definition) is 5. The molecule has 1 N–H and O–H groups in total. The lowest BCUT2D eigenvalue weighted by Gasteiger charge is -2.27. The first-order valence-corrected chi connectivity index (χ1v) is 6.10. The average Bonchev–Trinajstić information content (AvgIpc) is 2.34. The first kappa shape index (κ1) is 14.2. The van der Waals surface area contributed by atoms with E-state index in [-0.39, 0.29) is 11.7 Å². The van der Waals surface area contributed by atoms with Gasteiger partial charge in [-0.2, -0.15) is 0 Å². The highest BCUT2D eigenvalue weighted by molar-refractivity contribution is 5.56. The van der Waals surface area contributed by atoms with Crippen LogP contribution in [0.4, 0.5) is 17.3 Å². The van der Waals surface area contributed by atoms with Crippen molar-refractivity contribution in [2.75, 3.05) is 23.8 Å². The number of nitrogens with one attached hydrogen (secondary N) is 1. The molecule has 100 valence electrons. The van der Waals surface area contributed by atoms with Crippen molar-refractivity contribution in [3.05, 3.63) is 22.2 Å². The molecule has 0 radical (unpaired) electrons. The first-order chi connectivity index (χ1) is 8.49. The van der Waals surface area contributed by atoms with Crippen LogP contribution in [0.25, 0.3) is 0 Å². The molecule has 0 aromatic carbocycles. The third-order valence-electron chi connectivity index (χ3n) is 2.65. The standard InChI is InChI=1S/C12H20N4O2/c1-5-6-15(9(2)3)12-8-10(16(17)18)7-11(13-4)14-12/h7-9H,5-6H2,1-4H3,(H,13,14). The van der Waals surface area contributed by atoms with Crippen LogP contribution in [0, 0.1) is 10.1 Å². The first-order valence-electron chi connectivity index (χ1n) is 6.10. The van der Waals surface area contributed by atoms with E-state index in [0.717, 1.165) is 13.0 Å². The zero-order chi connectivity index (χ0) is 13.7. The van der Waals surface area contributed by atoms with Crippen molar-refractivity contribution in [1.82, 2.24) is 4.98 Å². The van der Waals surface area contributed by atoms with Gasteiger partial charge >= 0.3 is 0 Å². The van der Waals surface area contributed by atoms with Crippen molar-refractivity contribution in [3.63, 3.8) is 0 Å². The Hall–Kier alpha value is -1.85. The van der Waals surface area contributed by atoms with Gasteiger partial charge in [0.1, 0.15) is 11.6 Å². The minimum atomic E-state index is -0.392. The summed E-state index contributed by atoms with van der Waals surface area (Å²) >= 11 is 0. The zero-order valence-corrected chi connectivity index (χ0v) is 11.3. The summed E-state index contributed by atoms with van der Waals surface area (Å²) in [6, 6.07) is 3.22. The highest BCUT2D eigenvalue weighted by Gasteiger charge is 2.17. The van der Waals surface area contributed by atoms with Crippen LogP contribution in [0.5, 0.6) is 0 Å². The molecule has 0 saturated heterocycles. The highest BCUT2D eigenvalue weighted by Crippen LogP contribution is 2.24. The summed E-state index contributed by atoms with van der Waals surface area (Å²) in [6.45, 7) is 7.01. The molecule has 1 heterocycles. The maximum atomic E-state index is 10.9. The van der Waals surface area contributed by atoms with Crippen LogP contribution in [0.15, 0.2) is 12.1 Å². The molecule has 0 aliphatic heterocycles. The molecule has 0 aliphatic carbocycles. The largest absolute Gasteiger partial charge is 0.373 e. The second kappa shape index (κ2) is 6.18. The number of pyridine rings is 1. The van der Waals surface area contributed by atoms with Gasteiger partial charge in [-0.05, 0) is 20.3 Å². The molecule has 0 spiro atoms. The normalized spacial score (nSPS) is 10.5. The van der Waals surface area contributed by atoms with Gasteiger partial charge in [0.15, 0.2) is 0 Å². The smallest absolute Gasteiger partial charge is 0.276 e. The van der Waals surface area contributed by atoms with Crippen LogP contribution < -0.4 is 10.2 Å². The van der Waals surface area contributed by atoms with Crippen LogP contribution in [-0.4, -0.2) is 29.5 Å². The van der Waals surface area contributed by atoms with Crippen molar-refractivity contribution in [1.29, 1.82) is 0 Å². The van der Waals surface area contributed by atoms with Crippen LogP contribution >= 0.6 is 0 Å². The van der Waals surface area contributed by atoms with Crippen LogP contribution in [-0.2, 0) is 0 Å². The lowest BCUT2D eigenvalue weighted by Crippen LogP contribution is -2.32. The predicted molar refractivity (Wildman–Crippen MR) is 73.2 cm³/mol. The number of nitro groups is 1. The molecular weight excluding hydrogens is 232 g/mol. The number of rotatable bonds is 6. The maximum absolute atomic E-state index is 10.9. The van der Waals surface area contributed by atoms with Crippen molar-refractivity contribution in [3.8, 4) is 0 Å². The SMILES string of the molecule is CCCN(c1cc([N+](=O)[O-])cc(NC)n1)C(C)C. The van der Waals surface area contributed by atoms with E-state index in [2.05, 4.69) is 36.0 Å². The monoisotopic (exact) mass is 252 g/mol. The van der Waals surface area contributed by atoms with Crippen LogP contribution in [0.2, 0.25) is 0 Å². The second-order valence-electron chi connectivity index (χ2n) is 4.36. The van der Waals surface area contributed by atoms with Crippen molar-refractivity contribution < 1.29 is 4.92 Å². The Balaban J connectivity index is 3.20. The Morgan fingerprint density at radius 2 is 2.17 bits per heavy atom. The van der Waals surface area contributed by atoms with Crippen molar-refractivity contribution in [2.24, 2.45) is 0 Å². The maximum Gasteiger partial charge on any atom is 0.276 e. The van der Waals surface area contributed by atoms with Gasteiger partial charge in [-0.1, -0.05) is 6.92 Å². The fraction of sp³-hybridized carbons (Fsp3) is 0.583. The number of nitrogens with zero attached hydrogens (tertiary/aromatic N) is 3. The number of aromatic nitrogens is 1. The van der Waals surface area contributed by atoms with E-state index in [9.17, 15) is 10.1 Å².